The zero-order valence-electron chi connectivity index (χ0n) is 22.2. The summed E-state index contributed by atoms with van der Waals surface area (Å²) in [6, 6.07) is 6.85. The molecule has 1 saturated carbocycles. The quantitative estimate of drug-likeness (QED) is 0.540. The maximum absolute atomic E-state index is 12.7. The lowest BCUT2D eigenvalue weighted by atomic mass is 9.87. The molecule has 2 unspecified atom stereocenters. The van der Waals surface area contributed by atoms with Gasteiger partial charge in [-0.25, -0.2) is 4.98 Å². The second-order valence-corrected chi connectivity index (χ2v) is 10.9. The van der Waals surface area contributed by atoms with Gasteiger partial charge >= 0.3 is 0 Å². The number of likely N-dealkylation sites (tertiary alicyclic amines) is 1. The summed E-state index contributed by atoms with van der Waals surface area (Å²) < 4.78 is 0. The maximum atomic E-state index is 12.7. The summed E-state index contributed by atoms with van der Waals surface area (Å²) >= 11 is 0. The monoisotopic (exact) mass is 505 g/mol. The summed E-state index contributed by atoms with van der Waals surface area (Å²) in [6.07, 6.45) is 20.1. The van der Waals surface area contributed by atoms with E-state index in [1.807, 2.05) is 6.20 Å². The Balaban J connectivity index is 1.28. The van der Waals surface area contributed by atoms with Gasteiger partial charge in [0.2, 0.25) is 5.95 Å². The Bertz CT molecular complexity index is 973. The van der Waals surface area contributed by atoms with Crippen molar-refractivity contribution < 1.29 is 4.79 Å². The maximum Gasteiger partial charge on any atom is 0.251 e. The number of hydrogen-bond acceptors (Lipinski definition) is 7. The number of hydrogen-bond donors (Lipinski definition) is 2. The number of nitrogens with zero attached hydrogens (tertiary/aromatic N) is 5. The van der Waals surface area contributed by atoms with Crippen LogP contribution in [0.3, 0.4) is 0 Å². The van der Waals surface area contributed by atoms with Crippen molar-refractivity contribution in [2.45, 2.75) is 95.2 Å². The molecule has 3 aliphatic rings. The number of aromatic nitrogens is 3. The smallest absolute Gasteiger partial charge is 0.251 e. The molecule has 2 N–H and O–H groups in total. The lowest BCUT2D eigenvalue weighted by Gasteiger charge is -2.47. The van der Waals surface area contributed by atoms with Crippen LogP contribution in [-0.4, -0.2) is 70.1 Å². The van der Waals surface area contributed by atoms with Crippen molar-refractivity contribution in [1.29, 1.82) is 0 Å². The van der Waals surface area contributed by atoms with Gasteiger partial charge in [-0.15, -0.1) is 0 Å². The summed E-state index contributed by atoms with van der Waals surface area (Å²) in [5.41, 5.74) is 0.663. The molecule has 2 atom stereocenters. The highest BCUT2D eigenvalue weighted by atomic mass is 16.1. The Morgan fingerprint density at radius 1 is 0.865 bits per heavy atom. The van der Waals surface area contributed by atoms with Gasteiger partial charge < -0.3 is 15.5 Å². The molecule has 2 aromatic rings. The molecule has 5 rings (SSSR count). The molecule has 8 heteroatoms. The van der Waals surface area contributed by atoms with Crippen LogP contribution in [0.5, 0.6) is 0 Å². The fourth-order valence-corrected chi connectivity index (χ4v) is 6.48. The predicted octanol–water partition coefficient (Wildman–Crippen LogP) is 4.65. The highest BCUT2D eigenvalue weighted by Crippen LogP contribution is 2.31. The topological polar surface area (TPSA) is 86.3 Å². The average Bonchev–Trinajstić information content (AvgIpc) is 3.25. The minimum absolute atomic E-state index is 0.0274. The van der Waals surface area contributed by atoms with E-state index in [1.165, 1.54) is 64.2 Å². The van der Waals surface area contributed by atoms with Crippen LogP contribution in [0.1, 0.15) is 87.4 Å². The van der Waals surface area contributed by atoms with Gasteiger partial charge in [0.1, 0.15) is 5.82 Å². The van der Waals surface area contributed by atoms with E-state index < -0.39 is 0 Å². The lowest BCUT2D eigenvalue weighted by molar-refractivity contribution is 0.0591. The first-order valence-corrected chi connectivity index (χ1v) is 14.6. The van der Waals surface area contributed by atoms with Gasteiger partial charge in [0, 0.05) is 61.9 Å². The molecule has 37 heavy (non-hydrogen) atoms. The zero-order valence-corrected chi connectivity index (χ0v) is 22.2. The van der Waals surface area contributed by atoms with E-state index in [9.17, 15) is 4.79 Å². The van der Waals surface area contributed by atoms with Gasteiger partial charge in [-0.05, 0) is 69.7 Å². The molecule has 1 amide bonds. The Kier molecular flexibility index (Phi) is 9.22. The molecule has 2 aromatic heterocycles. The molecule has 0 aromatic carbocycles. The molecule has 8 nitrogen and oxygen atoms in total. The fourth-order valence-electron chi connectivity index (χ4n) is 6.48. The molecule has 3 fully saturated rings. The van der Waals surface area contributed by atoms with Crippen LogP contribution in [0.15, 0.2) is 36.8 Å². The van der Waals surface area contributed by atoms with Crippen molar-refractivity contribution in [2.24, 2.45) is 0 Å². The summed E-state index contributed by atoms with van der Waals surface area (Å²) in [7, 11) is 0. The number of carbonyl (C=O) groups is 1. The third kappa shape index (κ3) is 6.98. The largest absolute Gasteiger partial charge is 0.356 e. The van der Waals surface area contributed by atoms with Crippen LogP contribution in [0.25, 0.3) is 0 Å². The van der Waals surface area contributed by atoms with Crippen LogP contribution in [-0.2, 0) is 0 Å². The zero-order chi connectivity index (χ0) is 25.3. The van der Waals surface area contributed by atoms with E-state index in [0.717, 1.165) is 44.2 Å². The molecule has 200 valence electrons. The van der Waals surface area contributed by atoms with Crippen molar-refractivity contribution in [1.82, 2.24) is 25.2 Å². The van der Waals surface area contributed by atoms with E-state index in [2.05, 4.69) is 36.5 Å². The van der Waals surface area contributed by atoms with Crippen LogP contribution in [0, 0.1) is 0 Å². The highest BCUT2D eigenvalue weighted by molar-refractivity contribution is 5.93. The van der Waals surface area contributed by atoms with Crippen molar-refractivity contribution in [3.63, 3.8) is 0 Å². The Morgan fingerprint density at radius 3 is 2.41 bits per heavy atom. The predicted molar refractivity (Wildman–Crippen MR) is 148 cm³/mol. The number of rotatable bonds is 8. The lowest BCUT2D eigenvalue weighted by Crippen LogP contribution is -2.56. The van der Waals surface area contributed by atoms with Gasteiger partial charge in [0.15, 0.2) is 0 Å². The molecule has 0 bridgehead atoms. The first-order chi connectivity index (χ1) is 18.3. The second kappa shape index (κ2) is 13.2. The summed E-state index contributed by atoms with van der Waals surface area (Å²) in [5, 5.41) is 6.91. The number of carbonyl (C=O) groups excluding carboxylic acids is 1. The normalized spacial score (nSPS) is 23.8. The van der Waals surface area contributed by atoms with E-state index in [4.69, 9.17) is 4.98 Å². The molecule has 2 saturated heterocycles. The summed E-state index contributed by atoms with van der Waals surface area (Å²) in [5.74, 6) is 1.75. The molecule has 0 spiro atoms. The number of nitrogens with one attached hydrogen (secondary N) is 2. The van der Waals surface area contributed by atoms with Crippen molar-refractivity contribution in [2.75, 3.05) is 36.4 Å². The minimum atomic E-state index is -0.0274. The average molecular weight is 506 g/mol. The Labute approximate surface area is 221 Å². The first kappa shape index (κ1) is 25.9. The molecular weight excluding hydrogens is 462 g/mol. The molecule has 1 aliphatic carbocycles. The summed E-state index contributed by atoms with van der Waals surface area (Å²) in [6.45, 7) is 3.95. The Morgan fingerprint density at radius 2 is 1.62 bits per heavy atom. The fraction of sp³-hybridized carbons (Fsp3) is 0.655. The van der Waals surface area contributed by atoms with Gasteiger partial charge in [0.25, 0.3) is 5.91 Å². The van der Waals surface area contributed by atoms with Crippen molar-refractivity contribution in [3.05, 3.63) is 42.4 Å². The van der Waals surface area contributed by atoms with Gasteiger partial charge in [-0.1, -0.05) is 32.1 Å². The number of anilines is 2. The number of amides is 1. The van der Waals surface area contributed by atoms with E-state index in [0.29, 0.717) is 24.2 Å². The molecular formula is C29H43N7O. The minimum Gasteiger partial charge on any atom is -0.356 e. The summed E-state index contributed by atoms with van der Waals surface area (Å²) in [4.78, 5) is 31.4. The third-order valence-electron chi connectivity index (χ3n) is 8.42. The molecule has 2 aliphatic heterocycles. The molecule has 0 radical (unpaired) electrons. The van der Waals surface area contributed by atoms with E-state index in [-0.39, 0.29) is 11.9 Å². The third-order valence-corrected chi connectivity index (χ3v) is 8.42. The first-order valence-electron chi connectivity index (χ1n) is 14.6. The highest BCUT2D eigenvalue weighted by Gasteiger charge is 2.36. The standard InChI is InChI=1S/C29H43N7O/c37-28(23-12-16-30-17-13-23)31-18-14-26-25(11-8-22-36(26)24-9-4-3-5-10-24)33-29-32-19-15-27(34-29)35-20-6-1-2-7-21-35/h12-13,15-17,19,24-26H,1-11,14,18,20-22H2,(H,31,37)(H,32,33,34). The number of pyridine rings is 1. The van der Waals surface area contributed by atoms with Crippen LogP contribution in [0.4, 0.5) is 11.8 Å². The molecule has 4 heterocycles. The van der Waals surface area contributed by atoms with Gasteiger partial charge in [-0.2, -0.15) is 4.98 Å². The van der Waals surface area contributed by atoms with E-state index in [1.54, 1.807) is 24.5 Å². The van der Waals surface area contributed by atoms with Crippen molar-refractivity contribution >= 4 is 17.7 Å². The van der Waals surface area contributed by atoms with Crippen LogP contribution < -0.4 is 15.5 Å². The Hall–Kier alpha value is -2.74. The van der Waals surface area contributed by atoms with Gasteiger partial charge in [-0.3, -0.25) is 14.7 Å². The van der Waals surface area contributed by atoms with E-state index >= 15 is 0 Å². The number of piperidine rings is 1. The second-order valence-electron chi connectivity index (χ2n) is 10.9. The van der Waals surface area contributed by atoms with Crippen LogP contribution in [0.2, 0.25) is 0 Å². The van der Waals surface area contributed by atoms with Crippen molar-refractivity contribution in [3.8, 4) is 0 Å². The van der Waals surface area contributed by atoms with Gasteiger partial charge in [0.05, 0.1) is 0 Å². The van der Waals surface area contributed by atoms with Crippen LogP contribution >= 0.6 is 0 Å². The SMILES string of the molecule is O=C(NCCC1C(Nc2nccc(N3CCCCCC3)n2)CCCN1C1CCCCC1)c1ccncc1.